The Hall–Kier alpha value is -4.15. The van der Waals surface area contributed by atoms with Crippen LogP contribution < -0.4 is 15.8 Å². The Balaban J connectivity index is 2.06. The van der Waals surface area contributed by atoms with Gasteiger partial charge in [0.05, 0.1) is 12.7 Å². The van der Waals surface area contributed by atoms with E-state index < -0.39 is 5.82 Å². The van der Waals surface area contributed by atoms with Crippen molar-refractivity contribution in [2.75, 3.05) is 19.9 Å². The highest BCUT2D eigenvalue weighted by atomic mass is 32.2. The van der Waals surface area contributed by atoms with Crippen molar-refractivity contribution in [2.45, 2.75) is 10.8 Å². The second kappa shape index (κ2) is 9.77. The maximum atomic E-state index is 13.9. The van der Waals surface area contributed by atoms with Crippen LogP contribution in [0.1, 0.15) is 27.2 Å². The first kappa shape index (κ1) is 22.5. The number of carbonyl (C=O) groups is 1. The molecule has 0 radical (unpaired) electrons. The lowest BCUT2D eigenvalue weighted by Crippen LogP contribution is -2.19. The maximum Gasteiger partial charge on any atom is 0.269 e. The molecule has 0 bridgehead atoms. The number of methoxy groups -OCH3 is 1. The average molecular weight is 448 g/mol. The fourth-order valence-electron chi connectivity index (χ4n) is 2.97. The number of thioether (sulfide) groups is 1. The number of hydrogen-bond donors (Lipinski definition) is 2. The first-order chi connectivity index (χ1) is 15.4. The van der Waals surface area contributed by atoms with Gasteiger partial charge in [0.25, 0.3) is 5.91 Å². The quantitative estimate of drug-likeness (QED) is 0.548. The molecule has 1 aromatic carbocycles. The van der Waals surface area contributed by atoms with E-state index in [0.29, 0.717) is 16.3 Å². The van der Waals surface area contributed by atoms with Crippen LogP contribution in [0.3, 0.4) is 0 Å². The number of nitriles is 2. The highest BCUT2D eigenvalue weighted by Gasteiger charge is 2.21. The number of halogens is 1. The molecular weight excluding hydrogens is 431 g/mol. The van der Waals surface area contributed by atoms with Crippen LogP contribution in [0.15, 0.2) is 41.6 Å². The molecule has 3 aromatic rings. The van der Waals surface area contributed by atoms with Crippen molar-refractivity contribution in [1.29, 1.82) is 10.5 Å². The number of anilines is 1. The fourth-order valence-corrected chi connectivity index (χ4v) is 3.91. The van der Waals surface area contributed by atoms with Crippen LogP contribution in [0, 0.1) is 28.5 Å². The highest BCUT2D eigenvalue weighted by molar-refractivity contribution is 7.98. The number of ether oxygens (including phenoxy) is 1. The Morgan fingerprint density at radius 2 is 2.00 bits per heavy atom. The van der Waals surface area contributed by atoms with E-state index in [9.17, 15) is 19.7 Å². The number of rotatable bonds is 6. The van der Waals surface area contributed by atoms with E-state index in [4.69, 9.17) is 10.5 Å². The zero-order valence-corrected chi connectivity index (χ0v) is 18.0. The van der Waals surface area contributed by atoms with Crippen molar-refractivity contribution in [3.8, 4) is 29.0 Å². The van der Waals surface area contributed by atoms with Gasteiger partial charge in [-0.15, -0.1) is 11.8 Å². The summed E-state index contributed by atoms with van der Waals surface area (Å²) in [5.74, 6) is -0.602. The third kappa shape index (κ3) is 4.46. The summed E-state index contributed by atoms with van der Waals surface area (Å²) >= 11 is 1.22. The van der Waals surface area contributed by atoms with Gasteiger partial charge < -0.3 is 15.8 Å². The monoisotopic (exact) mass is 448 g/mol. The van der Waals surface area contributed by atoms with Crippen molar-refractivity contribution >= 4 is 23.5 Å². The van der Waals surface area contributed by atoms with Gasteiger partial charge in [-0.25, -0.2) is 9.37 Å². The molecule has 0 aliphatic heterocycles. The normalized spacial score (nSPS) is 10.2. The number of nitrogen functional groups attached to an aromatic ring is 1. The topological polar surface area (TPSA) is 138 Å². The lowest BCUT2D eigenvalue weighted by molar-refractivity contribution is 0.0958. The molecule has 3 N–H and O–H groups in total. The summed E-state index contributed by atoms with van der Waals surface area (Å²) in [6, 6.07) is 11.5. The molecule has 0 unspecified atom stereocenters. The minimum Gasteiger partial charge on any atom is -0.494 e. The van der Waals surface area contributed by atoms with Crippen LogP contribution in [0.4, 0.5) is 10.2 Å². The summed E-state index contributed by atoms with van der Waals surface area (Å²) in [5.41, 5.74) is 7.87. The molecule has 0 spiro atoms. The van der Waals surface area contributed by atoms with E-state index in [2.05, 4.69) is 21.4 Å². The number of amides is 1. The number of nitrogens with zero attached hydrogens (tertiary/aromatic N) is 4. The third-order valence-corrected chi connectivity index (χ3v) is 5.56. The number of benzene rings is 1. The lowest BCUT2D eigenvalue weighted by Gasteiger charge is -2.14. The molecule has 10 heteroatoms. The predicted octanol–water partition coefficient (Wildman–Crippen LogP) is 3.27. The lowest BCUT2D eigenvalue weighted by atomic mass is 9.96. The Labute approximate surface area is 187 Å². The minimum absolute atomic E-state index is 0.0189. The maximum absolute atomic E-state index is 13.9. The Morgan fingerprint density at radius 1 is 1.25 bits per heavy atom. The molecule has 0 saturated carbocycles. The fraction of sp³-hybridized carbons (Fsp3) is 0.136. The van der Waals surface area contributed by atoms with Crippen LogP contribution in [0.2, 0.25) is 0 Å². The number of carbonyl (C=O) groups excluding carboxylic acids is 1. The van der Waals surface area contributed by atoms with Gasteiger partial charge in [-0.2, -0.15) is 10.5 Å². The molecule has 160 valence electrons. The molecule has 0 aliphatic rings. The molecule has 32 heavy (non-hydrogen) atoms. The van der Waals surface area contributed by atoms with E-state index in [-0.39, 0.29) is 39.9 Å². The van der Waals surface area contributed by atoms with Crippen LogP contribution >= 0.6 is 11.8 Å². The molecule has 8 nitrogen and oxygen atoms in total. The molecule has 0 saturated heterocycles. The second-order valence-electron chi connectivity index (χ2n) is 6.42. The van der Waals surface area contributed by atoms with Crippen molar-refractivity contribution in [2.24, 2.45) is 0 Å². The van der Waals surface area contributed by atoms with Crippen LogP contribution in [0.25, 0.3) is 11.1 Å². The van der Waals surface area contributed by atoms with Crippen LogP contribution in [-0.2, 0) is 5.75 Å². The van der Waals surface area contributed by atoms with Crippen molar-refractivity contribution in [3.05, 3.63) is 64.7 Å². The molecular formula is C22H17FN6O2S. The molecule has 2 heterocycles. The van der Waals surface area contributed by atoms with Gasteiger partial charge in [0.15, 0.2) is 11.6 Å². The van der Waals surface area contributed by atoms with Gasteiger partial charge in [-0.1, -0.05) is 6.07 Å². The molecule has 0 atom stereocenters. The summed E-state index contributed by atoms with van der Waals surface area (Å²) in [5, 5.41) is 22.3. The summed E-state index contributed by atoms with van der Waals surface area (Å²) in [6.07, 6.45) is 1.52. The Bertz CT molecular complexity index is 1280. The summed E-state index contributed by atoms with van der Waals surface area (Å²) in [6.45, 7) is 0. The zero-order chi connectivity index (χ0) is 23.3. The first-order valence-electron chi connectivity index (χ1n) is 9.20. The smallest absolute Gasteiger partial charge is 0.269 e. The molecule has 2 aromatic heterocycles. The minimum atomic E-state index is -0.575. The molecule has 0 fully saturated rings. The van der Waals surface area contributed by atoms with Crippen molar-refractivity contribution in [3.63, 3.8) is 0 Å². The molecule has 3 rings (SSSR count). The van der Waals surface area contributed by atoms with E-state index in [0.717, 1.165) is 5.56 Å². The largest absolute Gasteiger partial charge is 0.494 e. The third-order valence-electron chi connectivity index (χ3n) is 4.52. The summed E-state index contributed by atoms with van der Waals surface area (Å²) < 4.78 is 18.9. The average Bonchev–Trinajstić information content (AvgIpc) is 2.82. The van der Waals surface area contributed by atoms with Gasteiger partial charge >= 0.3 is 0 Å². The SMILES string of the molecule is CNC(=O)c1cc(CSc2nc(N)c(C#N)c(-c3ccc(F)c(OC)c3)c2C#N)ccn1. The number of nitrogens with two attached hydrogens (primary N) is 1. The van der Waals surface area contributed by atoms with Gasteiger partial charge in [0, 0.05) is 24.6 Å². The first-order valence-corrected chi connectivity index (χ1v) is 10.2. The second-order valence-corrected chi connectivity index (χ2v) is 7.38. The van der Waals surface area contributed by atoms with Crippen molar-refractivity contribution in [1.82, 2.24) is 15.3 Å². The number of nitrogens with one attached hydrogen (secondary N) is 1. The van der Waals surface area contributed by atoms with Crippen molar-refractivity contribution < 1.29 is 13.9 Å². The van der Waals surface area contributed by atoms with Gasteiger partial charge in [0.2, 0.25) is 0 Å². The Kier molecular flexibility index (Phi) is 6.88. The van der Waals surface area contributed by atoms with E-state index >= 15 is 0 Å². The zero-order valence-electron chi connectivity index (χ0n) is 17.1. The molecule has 1 amide bonds. The van der Waals surface area contributed by atoms with Gasteiger partial charge in [-0.05, 0) is 35.4 Å². The summed E-state index contributed by atoms with van der Waals surface area (Å²) in [4.78, 5) is 20.1. The van der Waals surface area contributed by atoms with E-state index in [1.165, 1.54) is 50.3 Å². The van der Waals surface area contributed by atoms with Crippen LogP contribution in [0.5, 0.6) is 5.75 Å². The number of pyridine rings is 2. The highest BCUT2D eigenvalue weighted by Crippen LogP contribution is 2.38. The number of hydrogen-bond acceptors (Lipinski definition) is 8. The molecule has 0 aliphatic carbocycles. The van der Waals surface area contributed by atoms with E-state index in [1.807, 2.05) is 6.07 Å². The van der Waals surface area contributed by atoms with E-state index in [1.54, 1.807) is 12.1 Å². The van der Waals surface area contributed by atoms with Gasteiger partial charge in [0.1, 0.15) is 34.2 Å². The standard InChI is InChI=1S/C22H17FN6O2S/c1-27-21(30)17-7-12(5-6-28-17)11-32-22-15(10-25)19(14(9-24)20(26)29-22)13-3-4-16(23)18(8-13)31-2/h3-8H,11H2,1-2H3,(H2,26,29)(H,27,30). The Morgan fingerprint density at radius 3 is 2.66 bits per heavy atom. The van der Waals surface area contributed by atoms with Crippen LogP contribution in [-0.4, -0.2) is 30.0 Å². The van der Waals surface area contributed by atoms with Gasteiger partial charge in [-0.3, -0.25) is 9.78 Å². The predicted molar refractivity (Wildman–Crippen MR) is 117 cm³/mol. The summed E-state index contributed by atoms with van der Waals surface area (Å²) in [7, 11) is 2.84. The number of aromatic nitrogens is 2.